The molecule has 0 spiro atoms. The molecular weight excluding hydrogens is 501 g/mol. The number of carboxylic acid groups (broad SMARTS) is 1. The van der Waals surface area contributed by atoms with E-state index in [1.807, 2.05) is 18.7 Å². The molecule has 0 radical (unpaired) electrons. The van der Waals surface area contributed by atoms with Gasteiger partial charge in [-0.05, 0) is 73.8 Å². The number of likely N-dealkylation sites (tertiary alicyclic amines) is 1. The molecule has 9 heteroatoms. The van der Waals surface area contributed by atoms with E-state index in [0.717, 1.165) is 74.3 Å². The van der Waals surface area contributed by atoms with Gasteiger partial charge in [-0.1, -0.05) is 20.3 Å². The molecule has 0 amide bonds. The summed E-state index contributed by atoms with van der Waals surface area (Å²) in [5.74, 6) is 0.364. The molecule has 39 heavy (non-hydrogen) atoms. The Kier molecular flexibility index (Phi) is 10.0. The van der Waals surface area contributed by atoms with Gasteiger partial charge in [0.2, 0.25) is 0 Å². The van der Waals surface area contributed by atoms with Gasteiger partial charge in [0.05, 0.1) is 26.0 Å². The molecule has 2 aromatic rings. The van der Waals surface area contributed by atoms with E-state index in [4.69, 9.17) is 19.2 Å². The van der Waals surface area contributed by atoms with Gasteiger partial charge >= 0.3 is 5.97 Å². The van der Waals surface area contributed by atoms with E-state index >= 15 is 0 Å². The van der Waals surface area contributed by atoms with Gasteiger partial charge in [0.1, 0.15) is 17.6 Å². The fourth-order valence-corrected chi connectivity index (χ4v) is 5.58. The van der Waals surface area contributed by atoms with Crippen molar-refractivity contribution in [1.82, 2.24) is 9.88 Å². The van der Waals surface area contributed by atoms with Crippen LogP contribution in [0.15, 0.2) is 18.2 Å². The fraction of sp³-hybridized carbons (Fsp3) is 0.600. The van der Waals surface area contributed by atoms with Crippen molar-refractivity contribution in [2.45, 2.75) is 76.9 Å². The summed E-state index contributed by atoms with van der Waals surface area (Å²) in [5, 5.41) is 13.5. The van der Waals surface area contributed by atoms with Crippen molar-refractivity contribution in [3.05, 3.63) is 46.4 Å². The highest BCUT2D eigenvalue weighted by atomic mass is 19.1. The third kappa shape index (κ3) is 7.00. The summed E-state index contributed by atoms with van der Waals surface area (Å²) >= 11 is 0. The monoisotopic (exact) mass is 543 g/mol. The summed E-state index contributed by atoms with van der Waals surface area (Å²) in [6, 6.07) is 4.32. The highest BCUT2D eigenvalue weighted by Gasteiger charge is 2.36. The maximum Gasteiger partial charge on any atom is 0.325 e. The zero-order valence-electron chi connectivity index (χ0n) is 23.6. The highest BCUT2D eigenvalue weighted by molar-refractivity contribution is 5.77. The first-order valence-corrected chi connectivity index (χ1v) is 14.1. The lowest BCUT2D eigenvalue weighted by atomic mass is 9.95. The average molecular weight is 544 g/mol. The van der Waals surface area contributed by atoms with Gasteiger partial charge in [0, 0.05) is 31.8 Å². The van der Waals surface area contributed by atoms with Crippen LogP contribution in [0.2, 0.25) is 0 Å². The lowest BCUT2D eigenvalue weighted by Crippen LogP contribution is -2.34. The minimum atomic E-state index is -1.02. The van der Waals surface area contributed by atoms with E-state index in [2.05, 4.69) is 11.4 Å². The Bertz CT molecular complexity index is 1140. The van der Waals surface area contributed by atoms with E-state index in [1.165, 1.54) is 18.7 Å². The van der Waals surface area contributed by atoms with Crippen LogP contribution in [0.5, 0.6) is 11.5 Å². The second-order valence-corrected chi connectivity index (χ2v) is 10.8. The maximum atomic E-state index is 14.8. The van der Waals surface area contributed by atoms with Crippen molar-refractivity contribution < 1.29 is 28.5 Å². The molecule has 4 rings (SSSR count). The average Bonchev–Trinajstić information content (AvgIpc) is 3.37. The van der Waals surface area contributed by atoms with Gasteiger partial charge in [-0.2, -0.15) is 0 Å². The summed E-state index contributed by atoms with van der Waals surface area (Å²) in [5.41, 5.74) is 3.32. The minimum absolute atomic E-state index is 0.00278. The number of carboxylic acids is 1. The number of benzene rings is 1. The standard InChI is InChI=1S/C30H42FN3O5/c1-19(2)21-15-23(28(38-4)24(31)16-21)27(30(35)36)34-13-11-22(18-34)39-14-7-5-6-10-25-26(37-3)17-20-9-8-12-32-29(20)33-25/h15-17,19,22,27H,5-14,18H2,1-4H3,(H,32,33)(H,35,36)/t22-,27-/m1/s1. The molecular formula is C30H42FN3O5. The van der Waals surface area contributed by atoms with Crippen LogP contribution in [0.3, 0.4) is 0 Å². The second kappa shape index (κ2) is 13.4. The number of fused-ring (bicyclic) bond motifs is 1. The molecule has 2 aliphatic rings. The van der Waals surface area contributed by atoms with Crippen molar-refractivity contribution in [3.63, 3.8) is 0 Å². The van der Waals surface area contributed by atoms with Crippen molar-refractivity contribution in [2.24, 2.45) is 0 Å². The number of aryl methyl sites for hydroxylation is 2. The largest absolute Gasteiger partial charge is 0.495 e. The Morgan fingerprint density at radius 1 is 1.21 bits per heavy atom. The van der Waals surface area contributed by atoms with E-state index in [1.54, 1.807) is 13.2 Å². The van der Waals surface area contributed by atoms with Crippen LogP contribution in [0.4, 0.5) is 10.2 Å². The Hall–Kier alpha value is -2.91. The minimum Gasteiger partial charge on any atom is -0.495 e. The van der Waals surface area contributed by atoms with Crippen molar-refractivity contribution in [3.8, 4) is 11.5 Å². The molecule has 0 bridgehead atoms. The third-order valence-electron chi connectivity index (χ3n) is 7.72. The summed E-state index contributed by atoms with van der Waals surface area (Å²) in [7, 11) is 3.07. The van der Waals surface area contributed by atoms with Gasteiger partial charge in [-0.3, -0.25) is 9.69 Å². The van der Waals surface area contributed by atoms with Crippen LogP contribution < -0.4 is 14.8 Å². The van der Waals surface area contributed by atoms with Gasteiger partial charge in [0.25, 0.3) is 0 Å². The zero-order valence-corrected chi connectivity index (χ0v) is 23.6. The Morgan fingerprint density at radius 2 is 2.03 bits per heavy atom. The Labute approximate surface area is 230 Å². The Balaban J connectivity index is 1.27. The third-order valence-corrected chi connectivity index (χ3v) is 7.72. The molecule has 214 valence electrons. The van der Waals surface area contributed by atoms with Gasteiger partial charge in [-0.15, -0.1) is 0 Å². The number of rotatable bonds is 13. The molecule has 1 saturated heterocycles. The maximum absolute atomic E-state index is 14.8. The quantitative estimate of drug-likeness (QED) is 0.327. The number of carbonyl (C=O) groups is 1. The van der Waals surface area contributed by atoms with Crippen LogP contribution in [-0.4, -0.2) is 67.5 Å². The van der Waals surface area contributed by atoms with E-state index in [-0.39, 0.29) is 17.8 Å². The molecule has 0 unspecified atom stereocenters. The number of halogens is 1. The predicted octanol–water partition coefficient (Wildman–Crippen LogP) is 5.35. The molecule has 2 N–H and O–H groups in total. The van der Waals surface area contributed by atoms with Crippen LogP contribution in [0.1, 0.15) is 80.3 Å². The number of ether oxygens (including phenoxy) is 3. The number of methoxy groups -OCH3 is 2. The second-order valence-electron chi connectivity index (χ2n) is 10.8. The molecule has 3 heterocycles. The molecule has 1 aromatic carbocycles. The number of nitrogens with zero attached hydrogens (tertiary/aromatic N) is 2. The number of anilines is 1. The van der Waals surface area contributed by atoms with Crippen LogP contribution in [0.25, 0.3) is 0 Å². The van der Waals surface area contributed by atoms with Crippen LogP contribution >= 0.6 is 0 Å². The number of aromatic nitrogens is 1. The van der Waals surface area contributed by atoms with Gasteiger partial charge in [0.15, 0.2) is 11.6 Å². The normalized spacial score (nSPS) is 18.1. The number of hydrogen-bond acceptors (Lipinski definition) is 7. The Morgan fingerprint density at radius 3 is 2.74 bits per heavy atom. The highest BCUT2D eigenvalue weighted by Crippen LogP contribution is 2.37. The van der Waals surface area contributed by atoms with Crippen LogP contribution in [0, 0.1) is 5.82 Å². The van der Waals surface area contributed by atoms with Crippen LogP contribution in [-0.2, 0) is 22.4 Å². The zero-order chi connectivity index (χ0) is 27.9. The summed E-state index contributed by atoms with van der Waals surface area (Å²) in [6.45, 7) is 6.54. The van der Waals surface area contributed by atoms with E-state index in [0.29, 0.717) is 25.3 Å². The molecule has 1 aromatic heterocycles. The summed E-state index contributed by atoms with van der Waals surface area (Å²) in [4.78, 5) is 19.0. The number of nitrogens with one attached hydrogen (secondary N) is 1. The van der Waals surface area contributed by atoms with E-state index in [9.17, 15) is 14.3 Å². The fourth-order valence-electron chi connectivity index (χ4n) is 5.58. The summed E-state index contributed by atoms with van der Waals surface area (Å²) < 4.78 is 31.8. The molecule has 0 saturated carbocycles. The van der Waals surface area contributed by atoms with Gasteiger partial charge in [-0.25, -0.2) is 9.37 Å². The molecule has 8 nitrogen and oxygen atoms in total. The first-order valence-electron chi connectivity index (χ1n) is 14.1. The smallest absolute Gasteiger partial charge is 0.325 e. The molecule has 2 aliphatic heterocycles. The molecule has 2 atom stereocenters. The number of aliphatic carboxylic acids is 1. The van der Waals surface area contributed by atoms with Crippen molar-refractivity contribution >= 4 is 11.8 Å². The van der Waals surface area contributed by atoms with Crippen molar-refractivity contribution in [1.29, 1.82) is 0 Å². The lowest BCUT2D eigenvalue weighted by molar-refractivity contribution is -0.143. The first kappa shape index (κ1) is 29.1. The molecule has 1 fully saturated rings. The van der Waals surface area contributed by atoms with Crippen molar-refractivity contribution in [2.75, 3.05) is 45.8 Å². The number of pyridine rings is 1. The summed E-state index contributed by atoms with van der Waals surface area (Å²) in [6.07, 6.45) is 6.59. The van der Waals surface area contributed by atoms with E-state index < -0.39 is 17.8 Å². The topological polar surface area (TPSA) is 93.2 Å². The SMILES string of the molecule is COc1cc2c(nc1CCCCCO[C@@H]1CCN([C@@H](C(=O)O)c3cc(C(C)C)cc(F)c3OC)C1)NCCC2. The lowest BCUT2D eigenvalue weighted by Gasteiger charge is -2.27. The predicted molar refractivity (Wildman–Crippen MR) is 149 cm³/mol. The first-order chi connectivity index (χ1) is 18.8. The number of hydrogen-bond donors (Lipinski definition) is 2. The molecule has 0 aliphatic carbocycles. The number of unbranched alkanes of at least 4 members (excludes halogenated alkanes) is 2. The van der Waals surface area contributed by atoms with Gasteiger partial charge < -0.3 is 24.6 Å².